The van der Waals surface area contributed by atoms with Gasteiger partial charge in [0.05, 0.1) is 11.6 Å². The van der Waals surface area contributed by atoms with Crippen molar-refractivity contribution < 1.29 is 0 Å². The number of aromatic nitrogens is 2. The Morgan fingerprint density at radius 1 is 1.33 bits per heavy atom. The first-order valence-electron chi connectivity index (χ1n) is 5.27. The molecule has 0 aliphatic heterocycles. The zero-order chi connectivity index (χ0) is 11.3. The molecule has 1 N–H and O–H groups in total. The molecule has 1 heterocycles. The van der Waals surface area contributed by atoms with E-state index >= 15 is 0 Å². The third-order valence-corrected chi connectivity index (χ3v) is 2.14. The Labute approximate surface area is 89.1 Å². The Kier molecular flexibility index (Phi) is 4.03. The fraction of sp³-hybridized carbons (Fsp3) is 0.333. The molecular formula is C12H16N2O. The van der Waals surface area contributed by atoms with E-state index in [-0.39, 0.29) is 5.56 Å². The number of aromatic amines is 1. The molecule has 0 bridgehead atoms. The number of hydrogen-bond acceptors (Lipinski definition) is 2. The minimum Gasteiger partial charge on any atom is -0.267 e. The maximum Gasteiger partial charge on any atom is 0.272 e. The number of H-pyrrole nitrogens is 1. The van der Waals surface area contributed by atoms with Crippen LogP contribution in [-0.2, 0) is 6.42 Å². The highest BCUT2D eigenvalue weighted by Crippen LogP contribution is 2.10. The average Bonchev–Trinajstić information content (AvgIpc) is 2.32. The summed E-state index contributed by atoms with van der Waals surface area (Å²) < 4.78 is 0. The number of fused-ring (bicyclic) bond motifs is 1. The van der Waals surface area contributed by atoms with E-state index in [9.17, 15) is 4.79 Å². The molecule has 0 spiro atoms. The normalized spacial score (nSPS) is 9.53. The molecule has 15 heavy (non-hydrogen) atoms. The molecule has 2 rings (SSSR count). The van der Waals surface area contributed by atoms with Crippen molar-refractivity contribution in [1.29, 1.82) is 0 Å². The Morgan fingerprint density at radius 2 is 2.07 bits per heavy atom. The summed E-state index contributed by atoms with van der Waals surface area (Å²) in [5.41, 5.74) is 1.05. The smallest absolute Gasteiger partial charge is 0.267 e. The molecule has 1 aromatic heterocycles. The van der Waals surface area contributed by atoms with E-state index in [1.807, 2.05) is 32.0 Å². The Morgan fingerprint density at radius 3 is 2.73 bits per heavy atom. The van der Waals surface area contributed by atoms with Gasteiger partial charge in [-0.3, -0.25) is 4.79 Å². The summed E-state index contributed by atoms with van der Waals surface area (Å²) in [5, 5.41) is 7.76. The van der Waals surface area contributed by atoms with Gasteiger partial charge < -0.3 is 0 Å². The summed E-state index contributed by atoms with van der Waals surface area (Å²) in [6.07, 6.45) is 2.61. The summed E-state index contributed by atoms with van der Waals surface area (Å²) >= 11 is 0. The lowest BCUT2D eigenvalue weighted by molar-refractivity contribution is 1.01. The Hall–Kier alpha value is -1.64. The van der Waals surface area contributed by atoms with Crippen molar-refractivity contribution in [2.45, 2.75) is 27.2 Å². The fourth-order valence-corrected chi connectivity index (χ4v) is 1.35. The highest BCUT2D eigenvalue weighted by Gasteiger charge is 1.98. The monoisotopic (exact) mass is 204 g/mol. The lowest BCUT2D eigenvalue weighted by Crippen LogP contribution is -2.07. The topological polar surface area (TPSA) is 45.8 Å². The van der Waals surface area contributed by atoms with Gasteiger partial charge in [-0.05, 0) is 18.1 Å². The predicted molar refractivity (Wildman–Crippen MR) is 63.1 cm³/mol. The molecule has 0 radical (unpaired) electrons. The van der Waals surface area contributed by atoms with E-state index in [1.165, 1.54) is 5.56 Å². The first kappa shape index (κ1) is 11.4. The van der Waals surface area contributed by atoms with E-state index in [0.717, 1.165) is 11.8 Å². The van der Waals surface area contributed by atoms with Gasteiger partial charge in [-0.15, -0.1) is 0 Å². The molecule has 3 nitrogen and oxygen atoms in total. The number of aryl methyl sites for hydroxylation is 1. The van der Waals surface area contributed by atoms with Crippen molar-refractivity contribution in [3.05, 3.63) is 40.3 Å². The number of benzene rings is 1. The van der Waals surface area contributed by atoms with E-state index in [4.69, 9.17) is 0 Å². The Bertz CT molecular complexity index is 488. The van der Waals surface area contributed by atoms with Crippen LogP contribution in [0.1, 0.15) is 26.3 Å². The number of rotatable bonds is 1. The molecule has 0 amide bonds. The standard InChI is InChI=1S/C10H10N2O.C2H6/c1-2-7-3-4-8-6-11-12-10(13)9(8)5-7;1-2/h3-6H,2H2,1H3,(H,12,13);1-2H3. The van der Waals surface area contributed by atoms with Crippen LogP contribution in [-0.4, -0.2) is 10.2 Å². The van der Waals surface area contributed by atoms with Crippen LogP contribution in [0.5, 0.6) is 0 Å². The van der Waals surface area contributed by atoms with E-state index in [1.54, 1.807) is 6.20 Å². The van der Waals surface area contributed by atoms with Gasteiger partial charge in [0.15, 0.2) is 0 Å². The van der Waals surface area contributed by atoms with Crippen molar-refractivity contribution >= 4 is 10.8 Å². The summed E-state index contributed by atoms with van der Waals surface area (Å²) in [7, 11) is 0. The summed E-state index contributed by atoms with van der Waals surface area (Å²) in [6, 6.07) is 5.86. The van der Waals surface area contributed by atoms with Crippen LogP contribution in [0.3, 0.4) is 0 Å². The quantitative estimate of drug-likeness (QED) is 0.775. The molecule has 3 heteroatoms. The fourth-order valence-electron chi connectivity index (χ4n) is 1.35. The first-order chi connectivity index (χ1) is 7.31. The Balaban J connectivity index is 0.000000531. The molecule has 2 aromatic rings. The second kappa shape index (κ2) is 5.29. The average molecular weight is 204 g/mol. The van der Waals surface area contributed by atoms with Crippen molar-refractivity contribution in [2.75, 3.05) is 0 Å². The number of nitrogens with one attached hydrogen (secondary N) is 1. The summed E-state index contributed by atoms with van der Waals surface area (Å²) in [4.78, 5) is 11.3. The van der Waals surface area contributed by atoms with Crippen LogP contribution in [0, 0.1) is 0 Å². The molecule has 80 valence electrons. The summed E-state index contributed by atoms with van der Waals surface area (Å²) in [6.45, 7) is 6.07. The highest BCUT2D eigenvalue weighted by molar-refractivity contribution is 5.81. The van der Waals surface area contributed by atoms with Crippen LogP contribution >= 0.6 is 0 Å². The summed E-state index contributed by atoms with van der Waals surface area (Å²) in [5.74, 6) is 0. The van der Waals surface area contributed by atoms with Gasteiger partial charge in [-0.25, -0.2) is 5.10 Å². The van der Waals surface area contributed by atoms with Crippen molar-refractivity contribution in [3.63, 3.8) is 0 Å². The molecule has 0 saturated carbocycles. The second-order valence-electron chi connectivity index (χ2n) is 2.97. The molecule has 0 fully saturated rings. The van der Waals surface area contributed by atoms with Crippen LogP contribution in [0.2, 0.25) is 0 Å². The van der Waals surface area contributed by atoms with E-state index < -0.39 is 0 Å². The van der Waals surface area contributed by atoms with Crippen molar-refractivity contribution in [1.82, 2.24) is 10.2 Å². The van der Waals surface area contributed by atoms with Crippen LogP contribution in [0.4, 0.5) is 0 Å². The minimum atomic E-state index is -0.118. The minimum absolute atomic E-state index is 0.118. The number of hydrogen-bond donors (Lipinski definition) is 1. The molecule has 0 saturated heterocycles. The van der Waals surface area contributed by atoms with Gasteiger partial charge in [-0.1, -0.05) is 32.9 Å². The maximum atomic E-state index is 11.3. The zero-order valence-electron chi connectivity index (χ0n) is 9.37. The largest absolute Gasteiger partial charge is 0.272 e. The SMILES string of the molecule is CC.CCc1ccc2cn[nH]c(=O)c2c1. The zero-order valence-corrected chi connectivity index (χ0v) is 9.37. The van der Waals surface area contributed by atoms with E-state index in [0.29, 0.717) is 5.39 Å². The van der Waals surface area contributed by atoms with E-state index in [2.05, 4.69) is 17.1 Å². The molecule has 0 aliphatic carbocycles. The van der Waals surface area contributed by atoms with Gasteiger partial charge >= 0.3 is 0 Å². The third kappa shape index (κ3) is 2.43. The predicted octanol–water partition coefficient (Wildman–Crippen LogP) is 2.51. The van der Waals surface area contributed by atoms with Crippen molar-refractivity contribution in [2.24, 2.45) is 0 Å². The van der Waals surface area contributed by atoms with Gasteiger partial charge in [-0.2, -0.15) is 5.10 Å². The van der Waals surface area contributed by atoms with Crippen LogP contribution < -0.4 is 5.56 Å². The van der Waals surface area contributed by atoms with Gasteiger partial charge in [0.1, 0.15) is 0 Å². The lowest BCUT2D eigenvalue weighted by Gasteiger charge is -1.98. The molecule has 0 atom stereocenters. The van der Waals surface area contributed by atoms with Gasteiger partial charge in [0.2, 0.25) is 0 Å². The van der Waals surface area contributed by atoms with Crippen LogP contribution in [0.25, 0.3) is 10.8 Å². The third-order valence-electron chi connectivity index (χ3n) is 2.14. The van der Waals surface area contributed by atoms with Crippen molar-refractivity contribution in [3.8, 4) is 0 Å². The first-order valence-corrected chi connectivity index (χ1v) is 5.27. The van der Waals surface area contributed by atoms with Gasteiger partial charge in [0.25, 0.3) is 5.56 Å². The molecule has 1 aromatic carbocycles. The number of nitrogens with zero attached hydrogens (tertiary/aromatic N) is 1. The molecule has 0 unspecified atom stereocenters. The van der Waals surface area contributed by atoms with Crippen LogP contribution in [0.15, 0.2) is 29.2 Å². The molecular weight excluding hydrogens is 188 g/mol. The lowest BCUT2D eigenvalue weighted by atomic mass is 10.1. The molecule has 0 aliphatic rings. The van der Waals surface area contributed by atoms with Gasteiger partial charge in [0, 0.05) is 5.39 Å². The second-order valence-corrected chi connectivity index (χ2v) is 2.97. The maximum absolute atomic E-state index is 11.3. The highest BCUT2D eigenvalue weighted by atomic mass is 16.1.